The highest BCUT2D eigenvalue weighted by molar-refractivity contribution is 6.17. The molecule has 3 heterocycles. The van der Waals surface area contributed by atoms with E-state index in [1.54, 1.807) is 0 Å². The molecule has 0 atom stereocenters. The summed E-state index contributed by atoms with van der Waals surface area (Å²) < 4.78 is 13.0. The highest BCUT2D eigenvalue weighted by Gasteiger charge is 2.22. The molecule has 3 aromatic heterocycles. The summed E-state index contributed by atoms with van der Waals surface area (Å²) in [5, 5.41) is 8.59. The van der Waals surface area contributed by atoms with Gasteiger partial charge in [0.1, 0.15) is 22.3 Å². The van der Waals surface area contributed by atoms with Crippen LogP contribution in [0.2, 0.25) is 0 Å². The Morgan fingerprint density at radius 2 is 0.885 bits per heavy atom. The summed E-state index contributed by atoms with van der Waals surface area (Å²) in [6.07, 6.45) is 0. The molecule has 0 unspecified atom stereocenters. The van der Waals surface area contributed by atoms with E-state index in [1.165, 1.54) is 10.8 Å². The van der Waals surface area contributed by atoms with Crippen LogP contribution < -0.4 is 0 Å². The minimum atomic E-state index is 0.569. The minimum Gasteiger partial charge on any atom is -0.456 e. The van der Waals surface area contributed by atoms with Gasteiger partial charge < -0.3 is 8.83 Å². The van der Waals surface area contributed by atoms with Crippen molar-refractivity contribution in [1.82, 2.24) is 15.0 Å². The molecule has 0 aliphatic rings. The zero-order valence-electron chi connectivity index (χ0n) is 27.7. The van der Waals surface area contributed by atoms with E-state index >= 15 is 0 Å². The second-order valence-corrected chi connectivity index (χ2v) is 13.1. The fourth-order valence-electron chi connectivity index (χ4n) is 7.72. The summed E-state index contributed by atoms with van der Waals surface area (Å²) >= 11 is 0. The fraction of sp³-hybridized carbons (Fsp3) is 0. The van der Waals surface area contributed by atoms with Crippen LogP contribution in [0.15, 0.2) is 173 Å². The number of nitrogens with zero attached hydrogens (tertiary/aromatic N) is 3. The lowest BCUT2D eigenvalue weighted by Crippen LogP contribution is -2.01. The van der Waals surface area contributed by atoms with E-state index in [0.717, 1.165) is 82.5 Å². The Balaban J connectivity index is 1.22. The van der Waals surface area contributed by atoms with E-state index in [9.17, 15) is 0 Å². The van der Waals surface area contributed by atoms with Crippen LogP contribution in [-0.2, 0) is 0 Å². The third kappa shape index (κ3) is 4.39. The van der Waals surface area contributed by atoms with Gasteiger partial charge in [0, 0.05) is 43.8 Å². The quantitative estimate of drug-likeness (QED) is 0.187. The van der Waals surface area contributed by atoms with Crippen molar-refractivity contribution in [2.45, 2.75) is 0 Å². The van der Waals surface area contributed by atoms with Gasteiger partial charge in [0.15, 0.2) is 17.5 Å². The Bertz CT molecular complexity index is 3200. The molecular formula is C47H27N3O2. The molecule has 5 nitrogen and oxygen atoms in total. The van der Waals surface area contributed by atoms with E-state index in [-0.39, 0.29) is 0 Å². The van der Waals surface area contributed by atoms with E-state index in [1.807, 2.05) is 42.5 Å². The summed E-state index contributed by atoms with van der Waals surface area (Å²) in [6, 6.07) is 56.3. The molecule has 0 spiro atoms. The molecule has 0 N–H and O–H groups in total. The minimum absolute atomic E-state index is 0.569. The molecule has 52 heavy (non-hydrogen) atoms. The molecule has 0 amide bonds. The summed E-state index contributed by atoms with van der Waals surface area (Å²) in [5.74, 6) is 1.73. The molecule has 11 rings (SSSR count). The fourth-order valence-corrected chi connectivity index (χ4v) is 7.72. The lowest BCUT2D eigenvalue weighted by atomic mass is 9.94. The maximum atomic E-state index is 6.74. The van der Waals surface area contributed by atoms with Gasteiger partial charge in [-0.2, -0.15) is 0 Å². The van der Waals surface area contributed by atoms with Crippen molar-refractivity contribution in [2.24, 2.45) is 0 Å². The molecule has 8 aromatic carbocycles. The van der Waals surface area contributed by atoms with Gasteiger partial charge in [0.2, 0.25) is 0 Å². The predicted octanol–water partition coefficient (Wildman–Crippen LogP) is 12.6. The molecule has 0 aliphatic carbocycles. The second-order valence-electron chi connectivity index (χ2n) is 13.1. The van der Waals surface area contributed by atoms with E-state index in [4.69, 9.17) is 23.8 Å². The first-order valence-electron chi connectivity index (χ1n) is 17.4. The summed E-state index contributed by atoms with van der Waals surface area (Å²) in [5.41, 5.74) is 8.02. The average molecular weight is 666 g/mol. The Morgan fingerprint density at radius 3 is 1.71 bits per heavy atom. The third-order valence-electron chi connectivity index (χ3n) is 10.1. The number of hydrogen-bond acceptors (Lipinski definition) is 5. The first kappa shape index (κ1) is 28.7. The van der Waals surface area contributed by atoms with Crippen molar-refractivity contribution in [3.8, 4) is 45.3 Å². The van der Waals surface area contributed by atoms with Crippen LogP contribution in [0.1, 0.15) is 0 Å². The molecular weight excluding hydrogens is 639 g/mol. The number of para-hydroxylation sites is 2. The van der Waals surface area contributed by atoms with Crippen LogP contribution in [0, 0.1) is 0 Å². The van der Waals surface area contributed by atoms with Crippen molar-refractivity contribution >= 4 is 65.4 Å². The molecule has 0 radical (unpaired) electrons. The van der Waals surface area contributed by atoms with E-state index in [0.29, 0.717) is 17.5 Å². The molecule has 11 aromatic rings. The largest absolute Gasteiger partial charge is 0.456 e. The normalized spacial score (nSPS) is 11.8. The third-order valence-corrected chi connectivity index (χ3v) is 10.1. The van der Waals surface area contributed by atoms with Gasteiger partial charge in [0.05, 0.1) is 0 Å². The van der Waals surface area contributed by atoms with Gasteiger partial charge >= 0.3 is 0 Å². The first-order chi connectivity index (χ1) is 25.8. The number of benzene rings is 8. The molecule has 0 bridgehead atoms. The molecule has 0 saturated heterocycles. The molecule has 242 valence electrons. The average Bonchev–Trinajstić information content (AvgIpc) is 3.79. The number of fused-ring (bicyclic) bond motifs is 8. The Labute approximate surface area is 297 Å². The van der Waals surface area contributed by atoms with Crippen LogP contribution in [-0.4, -0.2) is 15.0 Å². The lowest BCUT2D eigenvalue weighted by molar-refractivity contribution is 0.669. The number of aromatic nitrogens is 3. The summed E-state index contributed by atoms with van der Waals surface area (Å²) in [4.78, 5) is 15.7. The highest BCUT2D eigenvalue weighted by Crippen LogP contribution is 2.43. The van der Waals surface area contributed by atoms with Gasteiger partial charge in [-0.15, -0.1) is 0 Å². The molecule has 0 saturated carbocycles. The van der Waals surface area contributed by atoms with Crippen molar-refractivity contribution in [1.29, 1.82) is 0 Å². The SMILES string of the molecule is c1ccc2cc(-c3nc(-c4cccc5oc6ccccc6c45)nc(-c4ccc(-c5cccc6ccccc56)c5oc6ccccc6c45)n3)ccc2c1. The van der Waals surface area contributed by atoms with Gasteiger partial charge in [-0.1, -0.05) is 127 Å². The number of rotatable bonds is 4. The van der Waals surface area contributed by atoms with E-state index < -0.39 is 0 Å². The van der Waals surface area contributed by atoms with Gasteiger partial charge in [-0.25, -0.2) is 15.0 Å². The van der Waals surface area contributed by atoms with Crippen LogP contribution in [0.3, 0.4) is 0 Å². The second kappa shape index (κ2) is 11.2. The standard InChI is InChI=1S/C47H27N3O2/c1-2-13-30-27-31(24-23-28(30)11-1)45-48-46(37-19-10-22-41-42(37)35-16-5-7-20-39(35)51-41)50-47(49-45)38-26-25-34(33-18-9-14-29-12-3-4-15-32(29)33)44-43(38)36-17-6-8-21-40(36)52-44/h1-27H. The topological polar surface area (TPSA) is 65.0 Å². The van der Waals surface area contributed by atoms with Crippen LogP contribution in [0.25, 0.3) is 111 Å². The lowest BCUT2D eigenvalue weighted by Gasteiger charge is -2.12. The van der Waals surface area contributed by atoms with E-state index in [2.05, 4.69) is 121 Å². The van der Waals surface area contributed by atoms with Crippen molar-refractivity contribution in [3.05, 3.63) is 164 Å². The predicted molar refractivity (Wildman–Crippen MR) is 211 cm³/mol. The maximum absolute atomic E-state index is 6.74. The summed E-state index contributed by atoms with van der Waals surface area (Å²) in [6.45, 7) is 0. The van der Waals surface area contributed by atoms with Gasteiger partial charge in [-0.05, 0) is 63.5 Å². The Kier molecular flexibility index (Phi) is 6.18. The first-order valence-corrected chi connectivity index (χ1v) is 17.4. The van der Waals surface area contributed by atoms with Crippen molar-refractivity contribution < 1.29 is 8.83 Å². The smallest absolute Gasteiger partial charge is 0.164 e. The molecule has 0 fully saturated rings. The van der Waals surface area contributed by atoms with Crippen LogP contribution >= 0.6 is 0 Å². The van der Waals surface area contributed by atoms with Crippen molar-refractivity contribution in [3.63, 3.8) is 0 Å². The van der Waals surface area contributed by atoms with Crippen molar-refractivity contribution in [2.75, 3.05) is 0 Å². The Hall–Kier alpha value is -7.11. The zero-order chi connectivity index (χ0) is 34.2. The molecule has 5 heteroatoms. The number of furan rings is 2. The van der Waals surface area contributed by atoms with Crippen LogP contribution in [0.5, 0.6) is 0 Å². The monoisotopic (exact) mass is 665 g/mol. The highest BCUT2D eigenvalue weighted by atomic mass is 16.3. The van der Waals surface area contributed by atoms with Gasteiger partial charge in [0.25, 0.3) is 0 Å². The van der Waals surface area contributed by atoms with Gasteiger partial charge in [-0.3, -0.25) is 0 Å². The summed E-state index contributed by atoms with van der Waals surface area (Å²) in [7, 11) is 0. The number of hydrogen-bond donors (Lipinski definition) is 0. The maximum Gasteiger partial charge on any atom is 0.164 e. The Morgan fingerprint density at radius 1 is 0.327 bits per heavy atom. The molecule has 0 aliphatic heterocycles. The van der Waals surface area contributed by atoms with Crippen LogP contribution in [0.4, 0.5) is 0 Å². The zero-order valence-corrected chi connectivity index (χ0v) is 27.7.